The van der Waals surface area contributed by atoms with Crippen LogP contribution in [0.1, 0.15) is 32.8 Å². The molecule has 0 radical (unpaired) electrons. The predicted octanol–water partition coefficient (Wildman–Crippen LogP) is 2.62. The molecule has 0 spiro atoms. The fraction of sp³-hybridized carbons (Fsp3) is 0.600. The Morgan fingerprint density at radius 3 is 2.11 bits per heavy atom. The summed E-state index contributed by atoms with van der Waals surface area (Å²) in [5.74, 6) is 0.864. The van der Waals surface area contributed by atoms with Gasteiger partial charge in [-0.3, -0.25) is 0 Å². The summed E-state index contributed by atoms with van der Waals surface area (Å²) in [5.41, 5.74) is 1.20. The maximum atomic E-state index is 9.13. The van der Waals surface area contributed by atoms with E-state index in [4.69, 9.17) is 9.84 Å². The van der Waals surface area contributed by atoms with Crippen LogP contribution in [-0.4, -0.2) is 31.4 Å². The summed E-state index contributed by atoms with van der Waals surface area (Å²) >= 11 is 0. The highest BCUT2D eigenvalue weighted by Crippen LogP contribution is 2.12. The molecule has 0 fully saturated rings. The topological polar surface area (TPSA) is 41.5 Å². The van der Waals surface area contributed by atoms with Crippen LogP contribution in [0.25, 0.3) is 0 Å². The minimum atomic E-state index is 0.142. The van der Waals surface area contributed by atoms with Crippen molar-refractivity contribution in [2.75, 3.05) is 20.3 Å². The van der Waals surface area contributed by atoms with Crippen molar-refractivity contribution in [1.82, 2.24) is 5.32 Å². The van der Waals surface area contributed by atoms with Gasteiger partial charge in [-0.1, -0.05) is 39.3 Å². The maximum Gasteiger partial charge on any atom is 0.118 e. The molecule has 3 heteroatoms. The normalized spacial score (nSPS) is 11.4. The summed E-state index contributed by atoms with van der Waals surface area (Å²) in [7, 11) is 1.66. The van der Waals surface area contributed by atoms with E-state index in [9.17, 15) is 0 Å². The van der Waals surface area contributed by atoms with Gasteiger partial charge in [0.15, 0.2) is 0 Å². The van der Waals surface area contributed by atoms with Crippen molar-refractivity contribution in [1.29, 1.82) is 0 Å². The van der Waals surface area contributed by atoms with Crippen LogP contribution in [-0.2, 0) is 6.42 Å². The average Bonchev–Trinajstić information content (AvgIpc) is 2.40. The minimum absolute atomic E-state index is 0.142. The average molecular weight is 253 g/mol. The van der Waals surface area contributed by atoms with Gasteiger partial charge < -0.3 is 15.2 Å². The van der Waals surface area contributed by atoms with Crippen molar-refractivity contribution in [3.05, 3.63) is 29.8 Å². The van der Waals surface area contributed by atoms with Gasteiger partial charge in [0, 0.05) is 6.04 Å². The van der Waals surface area contributed by atoms with Gasteiger partial charge >= 0.3 is 0 Å². The number of benzene rings is 1. The van der Waals surface area contributed by atoms with E-state index < -0.39 is 0 Å². The summed E-state index contributed by atoms with van der Waals surface area (Å²) < 4.78 is 5.08. The highest BCUT2D eigenvalue weighted by Gasteiger charge is 2.06. The van der Waals surface area contributed by atoms with E-state index >= 15 is 0 Å². The molecule has 0 bridgehead atoms. The van der Waals surface area contributed by atoms with Gasteiger partial charge in [0.2, 0.25) is 0 Å². The van der Waals surface area contributed by atoms with Gasteiger partial charge in [-0.15, -0.1) is 0 Å². The number of methoxy groups -OCH3 is 1. The Morgan fingerprint density at radius 2 is 1.72 bits per heavy atom. The third-order valence-electron chi connectivity index (χ3n) is 2.35. The standard InChI is InChI=1S/C12H19NO2.C3H8/c1-3-13-11(9-14)8-10-4-6-12(15-2)7-5-10;1-3-2/h4-7,11,13-14H,3,8-9H2,1-2H3;3H2,1-2H3/t11-;/m0./s1. The first-order valence-electron chi connectivity index (χ1n) is 6.68. The van der Waals surface area contributed by atoms with E-state index in [1.165, 1.54) is 12.0 Å². The Morgan fingerprint density at radius 1 is 1.17 bits per heavy atom. The number of hydrogen-bond acceptors (Lipinski definition) is 3. The van der Waals surface area contributed by atoms with E-state index in [0.717, 1.165) is 18.7 Å². The molecule has 18 heavy (non-hydrogen) atoms. The van der Waals surface area contributed by atoms with Crippen molar-refractivity contribution >= 4 is 0 Å². The number of rotatable bonds is 6. The molecule has 1 aromatic carbocycles. The molecule has 0 saturated carbocycles. The lowest BCUT2D eigenvalue weighted by atomic mass is 10.1. The Hall–Kier alpha value is -1.06. The SMILES string of the molecule is CCC.CCN[C@H](CO)Cc1ccc(OC)cc1. The molecule has 0 unspecified atom stereocenters. The molecule has 0 heterocycles. The molecule has 2 N–H and O–H groups in total. The van der Waals surface area contributed by atoms with Crippen LogP contribution in [0.15, 0.2) is 24.3 Å². The molecular formula is C15H27NO2. The number of ether oxygens (including phenoxy) is 1. The van der Waals surface area contributed by atoms with Crippen LogP contribution >= 0.6 is 0 Å². The van der Waals surface area contributed by atoms with E-state index in [0.29, 0.717) is 0 Å². The molecular weight excluding hydrogens is 226 g/mol. The predicted molar refractivity (Wildman–Crippen MR) is 77.2 cm³/mol. The Balaban J connectivity index is 0.000000873. The van der Waals surface area contributed by atoms with Crippen molar-refractivity contribution in [3.63, 3.8) is 0 Å². The summed E-state index contributed by atoms with van der Waals surface area (Å²) in [6.45, 7) is 7.33. The highest BCUT2D eigenvalue weighted by atomic mass is 16.5. The van der Waals surface area contributed by atoms with Crippen molar-refractivity contribution in [2.24, 2.45) is 0 Å². The molecule has 3 nitrogen and oxygen atoms in total. The molecule has 0 aliphatic carbocycles. The molecule has 0 amide bonds. The zero-order chi connectivity index (χ0) is 13.8. The summed E-state index contributed by atoms with van der Waals surface area (Å²) in [4.78, 5) is 0. The highest BCUT2D eigenvalue weighted by molar-refractivity contribution is 5.27. The Kier molecular flexibility index (Phi) is 10.4. The molecule has 0 saturated heterocycles. The second-order valence-electron chi connectivity index (χ2n) is 4.20. The Labute approximate surface area is 111 Å². The van der Waals surface area contributed by atoms with Crippen LogP contribution in [0.2, 0.25) is 0 Å². The number of likely N-dealkylation sites (N-methyl/N-ethyl adjacent to an activating group) is 1. The lowest BCUT2D eigenvalue weighted by Crippen LogP contribution is -2.34. The van der Waals surface area contributed by atoms with Gasteiger partial charge in [-0.25, -0.2) is 0 Å². The van der Waals surface area contributed by atoms with Gasteiger partial charge in [0.1, 0.15) is 5.75 Å². The number of hydrogen-bond donors (Lipinski definition) is 2. The second kappa shape index (κ2) is 11.1. The number of aliphatic hydroxyl groups excluding tert-OH is 1. The minimum Gasteiger partial charge on any atom is -0.497 e. The van der Waals surface area contributed by atoms with Crippen molar-refractivity contribution < 1.29 is 9.84 Å². The van der Waals surface area contributed by atoms with Crippen LogP contribution in [0.3, 0.4) is 0 Å². The quantitative estimate of drug-likeness (QED) is 0.819. The van der Waals surface area contributed by atoms with E-state index in [1.807, 2.05) is 31.2 Å². The monoisotopic (exact) mass is 253 g/mol. The van der Waals surface area contributed by atoms with Crippen LogP contribution < -0.4 is 10.1 Å². The van der Waals surface area contributed by atoms with E-state index in [-0.39, 0.29) is 12.6 Å². The third-order valence-corrected chi connectivity index (χ3v) is 2.35. The van der Waals surface area contributed by atoms with Crippen LogP contribution in [0.5, 0.6) is 5.75 Å². The number of nitrogens with one attached hydrogen (secondary N) is 1. The van der Waals surface area contributed by atoms with Gasteiger partial charge in [0.05, 0.1) is 13.7 Å². The van der Waals surface area contributed by atoms with Gasteiger partial charge in [-0.2, -0.15) is 0 Å². The smallest absolute Gasteiger partial charge is 0.118 e. The number of aliphatic hydroxyl groups is 1. The first kappa shape index (κ1) is 16.9. The zero-order valence-corrected chi connectivity index (χ0v) is 12.1. The van der Waals surface area contributed by atoms with Crippen LogP contribution in [0.4, 0.5) is 0 Å². The molecule has 1 rings (SSSR count). The molecule has 0 aliphatic rings. The lowest BCUT2D eigenvalue weighted by molar-refractivity contribution is 0.243. The fourth-order valence-electron chi connectivity index (χ4n) is 1.54. The largest absolute Gasteiger partial charge is 0.497 e. The second-order valence-corrected chi connectivity index (χ2v) is 4.20. The van der Waals surface area contributed by atoms with E-state index in [2.05, 4.69) is 19.2 Å². The first-order chi connectivity index (χ1) is 8.71. The van der Waals surface area contributed by atoms with Gasteiger partial charge in [0.25, 0.3) is 0 Å². The zero-order valence-electron chi connectivity index (χ0n) is 12.1. The molecule has 104 valence electrons. The lowest BCUT2D eigenvalue weighted by Gasteiger charge is -2.14. The molecule has 1 aromatic rings. The van der Waals surface area contributed by atoms with Crippen LogP contribution in [0, 0.1) is 0 Å². The summed E-state index contributed by atoms with van der Waals surface area (Å²) in [6.07, 6.45) is 2.09. The first-order valence-corrected chi connectivity index (χ1v) is 6.68. The fourth-order valence-corrected chi connectivity index (χ4v) is 1.54. The molecule has 0 aromatic heterocycles. The molecule has 1 atom stereocenters. The van der Waals surface area contributed by atoms with Crippen molar-refractivity contribution in [3.8, 4) is 5.75 Å². The molecule has 0 aliphatic heterocycles. The van der Waals surface area contributed by atoms with Crippen molar-refractivity contribution in [2.45, 2.75) is 39.7 Å². The maximum absolute atomic E-state index is 9.13. The summed E-state index contributed by atoms with van der Waals surface area (Å²) in [5, 5.41) is 12.4. The van der Waals surface area contributed by atoms with E-state index in [1.54, 1.807) is 7.11 Å². The Bertz CT molecular complexity index is 285. The third kappa shape index (κ3) is 7.30. The van der Waals surface area contributed by atoms with Gasteiger partial charge in [-0.05, 0) is 30.7 Å². The summed E-state index contributed by atoms with van der Waals surface area (Å²) in [6, 6.07) is 8.08.